The van der Waals surface area contributed by atoms with E-state index in [2.05, 4.69) is 36.3 Å². The molecule has 114 valence electrons. The van der Waals surface area contributed by atoms with E-state index in [1.54, 1.807) is 7.11 Å². The van der Waals surface area contributed by atoms with E-state index in [-0.39, 0.29) is 17.5 Å². The van der Waals surface area contributed by atoms with Crippen LogP contribution in [0.1, 0.15) is 33.6 Å². The first-order chi connectivity index (χ1) is 8.77. The average molecular weight is 273 g/mol. The molecular formula is C14H31N3O2. The fourth-order valence-corrected chi connectivity index (χ4v) is 1.74. The topological polar surface area (TPSA) is 53.6 Å². The summed E-state index contributed by atoms with van der Waals surface area (Å²) in [6, 6.07) is 0.0760. The van der Waals surface area contributed by atoms with Crippen LogP contribution in [-0.2, 0) is 4.74 Å². The van der Waals surface area contributed by atoms with Crippen molar-refractivity contribution in [3.8, 4) is 0 Å². The second kappa shape index (κ2) is 9.15. The average Bonchev–Trinajstić information content (AvgIpc) is 2.28. The molecule has 0 rings (SSSR count). The van der Waals surface area contributed by atoms with E-state index in [9.17, 15) is 4.79 Å². The minimum atomic E-state index is -0.0882. The largest absolute Gasteiger partial charge is 0.385 e. The van der Waals surface area contributed by atoms with Crippen molar-refractivity contribution in [3.05, 3.63) is 0 Å². The molecule has 0 aliphatic heterocycles. The zero-order valence-electron chi connectivity index (χ0n) is 13.4. The van der Waals surface area contributed by atoms with Gasteiger partial charge in [0.1, 0.15) is 0 Å². The first-order valence-electron chi connectivity index (χ1n) is 6.95. The SMILES string of the molecule is COCCCNC(=O)N[C@@H](CCN(C)C)C(C)(C)C. The van der Waals surface area contributed by atoms with Gasteiger partial charge in [0.2, 0.25) is 0 Å². The smallest absolute Gasteiger partial charge is 0.315 e. The standard InChI is InChI=1S/C14H31N3O2/c1-14(2,3)12(8-10-17(4)5)16-13(18)15-9-7-11-19-6/h12H,7-11H2,1-6H3,(H2,15,16,18)/t12-/m0/s1. The summed E-state index contributed by atoms with van der Waals surface area (Å²) in [7, 11) is 5.76. The molecule has 0 fully saturated rings. The van der Waals surface area contributed by atoms with E-state index in [1.165, 1.54) is 0 Å². The van der Waals surface area contributed by atoms with Crippen molar-refractivity contribution in [3.63, 3.8) is 0 Å². The summed E-state index contributed by atoms with van der Waals surface area (Å²) in [4.78, 5) is 14.0. The Balaban J connectivity index is 4.13. The molecular weight excluding hydrogens is 242 g/mol. The minimum Gasteiger partial charge on any atom is -0.385 e. The highest BCUT2D eigenvalue weighted by atomic mass is 16.5. The Bertz CT molecular complexity index is 250. The number of hydrogen-bond donors (Lipinski definition) is 2. The van der Waals surface area contributed by atoms with Crippen LogP contribution in [0.3, 0.4) is 0 Å². The van der Waals surface area contributed by atoms with Crippen molar-refractivity contribution in [1.29, 1.82) is 0 Å². The summed E-state index contributed by atoms with van der Waals surface area (Å²) in [5.74, 6) is 0. The molecule has 1 atom stereocenters. The second-order valence-electron chi connectivity index (χ2n) is 6.26. The van der Waals surface area contributed by atoms with Crippen molar-refractivity contribution in [2.75, 3.05) is 40.9 Å². The van der Waals surface area contributed by atoms with Gasteiger partial charge in [-0.2, -0.15) is 0 Å². The van der Waals surface area contributed by atoms with Gasteiger partial charge in [0.05, 0.1) is 0 Å². The Kier molecular flexibility index (Phi) is 8.76. The number of urea groups is 1. The highest BCUT2D eigenvalue weighted by Gasteiger charge is 2.25. The van der Waals surface area contributed by atoms with Crippen LogP contribution in [0.25, 0.3) is 0 Å². The minimum absolute atomic E-state index is 0.0554. The number of nitrogens with zero attached hydrogens (tertiary/aromatic N) is 1. The maximum Gasteiger partial charge on any atom is 0.315 e. The number of rotatable bonds is 8. The molecule has 0 saturated carbocycles. The number of carbonyl (C=O) groups is 1. The molecule has 19 heavy (non-hydrogen) atoms. The Morgan fingerprint density at radius 2 is 1.95 bits per heavy atom. The molecule has 0 bridgehead atoms. The van der Waals surface area contributed by atoms with Gasteiger partial charge in [-0.3, -0.25) is 0 Å². The maximum atomic E-state index is 11.8. The third-order valence-electron chi connectivity index (χ3n) is 3.03. The Labute approximate surface area is 118 Å². The molecule has 0 aromatic heterocycles. The zero-order valence-corrected chi connectivity index (χ0v) is 13.4. The number of ether oxygens (including phenoxy) is 1. The van der Waals surface area contributed by atoms with Gasteiger partial charge in [0.15, 0.2) is 0 Å². The van der Waals surface area contributed by atoms with Crippen LogP contribution in [0, 0.1) is 5.41 Å². The van der Waals surface area contributed by atoms with Gasteiger partial charge < -0.3 is 20.3 Å². The Morgan fingerprint density at radius 3 is 2.42 bits per heavy atom. The molecule has 0 unspecified atom stereocenters. The van der Waals surface area contributed by atoms with Crippen LogP contribution in [0.5, 0.6) is 0 Å². The number of amides is 2. The summed E-state index contributed by atoms with van der Waals surface area (Å²) in [5.41, 5.74) is 0.0554. The lowest BCUT2D eigenvalue weighted by molar-refractivity contribution is 0.190. The predicted molar refractivity (Wildman–Crippen MR) is 79.4 cm³/mol. The van der Waals surface area contributed by atoms with E-state index in [0.717, 1.165) is 19.4 Å². The molecule has 0 heterocycles. The molecule has 0 aliphatic carbocycles. The lowest BCUT2D eigenvalue weighted by atomic mass is 9.85. The highest BCUT2D eigenvalue weighted by Crippen LogP contribution is 2.21. The van der Waals surface area contributed by atoms with Gasteiger partial charge in [-0.1, -0.05) is 20.8 Å². The summed E-state index contributed by atoms with van der Waals surface area (Å²) in [6.07, 6.45) is 1.78. The number of carbonyl (C=O) groups excluding carboxylic acids is 1. The summed E-state index contributed by atoms with van der Waals surface area (Å²) in [6.45, 7) is 8.73. The van der Waals surface area contributed by atoms with E-state index in [1.807, 2.05) is 14.1 Å². The van der Waals surface area contributed by atoms with Crippen molar-refractivity contribution < 1.29 is 9.53 Å². The van der Waals surface area contributed by atoms with Gasteiger partial charge >= 0.3 is 6.03 Å². The molecule has 0 aliphatic rings. The molecule has 0 aromatic carbocycles. The Hall–Kier alpha value is -0.810. The van der Waals surface area contributed by atoms with Crippen LogP contribution in [-0.4, -0.2) is 57.9 Å². The lowest BCUT2D eigenvalue weighted by Crippen LogP contribution is -2.49. The van der Waals surface area contributed by atoms with Gasteiger partial charge in [0.25, 0.3) is 0 Å². The maximum absolute atomic E-state index is 11.8. The molecule has 0 saturated heterocycles. The second-order valence-corrected chi connectivity index (χ2v) is 6.26. The lowest BCUT2D eigenvalue weighted by Gasteiger charge is -2.32. The van der Waals surface area contributed by atoms with Gasteiger partial charge in [-0.15, -0.1) is 0 Å². The Morgan fingerprint density at radius 1 is 1.32 bits per heavy atom. The molecule has 2 N–H and O–H groups in total. The van der Waals surface area contributed by atoms with Gasteiger partial charge in [-0.05, 0) is 38.9 Å². The van der Waals surface area contributed by atoms with Crippen molar-refractivity contribution in [2.24, 2.45) is 5.41 Å². The molecule has 5 nitrogen and oxygen atoms in total. The first-order valence-corrected chi connectivity index (χ1v) is 6.95. The van der Waals surface area contributed by atoms with Gasteiger partial charge in [-0.25, -0.2) is 4.79 Å². The number of hydrogen-bond acceptors (Lipinski definition) is 3. The monoisotopic (exact) mass is 273 g/mol. The van der Waals surface area contributed by atoms with Crippen LogP contribution in [0.4, 0.5) is 4.79 Å². The normalized spacial score (nSPS) is 13.4. The van der Waals surface area contributed by atoms with Crippen LogP contribution < -0.4 is 10.6 Å². The molecule has 5 heteroatoms. The van der Waals surface area contributed by atoms with Crippen LogP contribution in [0.2, 0.25) is 0 Å². The fourth-order valence-electron chi connectivity index (χ4n) is 1.74. The third-order valence-corrected chi connectivity index (χ3v) is 3.03. The number of methoxy groups -OCH3 is 1. The van der Waals surface area contributed by atoms with Gasteiger partial charge in [0, 0.05) is 26.3 Å². The predicted octanol–water partition coefficient (Wildman–Crippen LogP) is 1.69. The van der Waals surface area contributed by atoms with E-state index in [0.29, 0.717) is 13.2 Å². The summed E-state index contributed by atoms with van der Waals surface area (Å²) in [5, 5.41) is 5.94. The third kappa shape index (κ3) is 9.73. The highest BCUT2D eigenvalue weighted by molar-refractivity contribution is 5.74. The van der Waals surface area contributed by atoms with Crippen LogP contribution in [0.15, 0.2) is 0 Å². The van der Waals surface area contributed by atoms with Crippen molar-refractivity contribution >= 4 is 6.03 Å². The quantitative estimate of drug-likeness (QED) is 0.662. The summed E-state index contributed by atoms with van der Waals surface area (Å²) >= 11 is 0. The number of nitrogens with one attached hydrogen (secondary N) is 2. The fraction of sp³-hybridized carbons (Fsp3) is 0.929. The van der Waals surface area contributed by atoms with E-state index >= 15 is 0 Å². The first kappa shape index (κ1) is 18.2. The van der Waals surface area contributed by atoms with Crippen molar-refractivity contribution in [1.82, 2.24) is 15.5 Å². The molecule has 0 spiro atoms. The van der Waals surface area contributed by atoms with E-state index in [4.69, 9.17) is 4.74 Å². The summed E-state index contributed by atoms with van der Waals surface area (Å²) < 4.78 is 4.95. The zero-order chi connectivity index (χ0) is 14.9. The molecule has 2 amide bonds. The van der Waals surface area contributed by atoms with Crippen LogP contribution >= 0.6 is 0 Å². The molecule has 0 radical (unpaired) electrons. The van der Waals surface area contributed by atoms with E-state index < -0.39 is 0 Å². The molecule has 0 aromatic rings. The van der Waals surface area contributed by atoms with Crippen molar-refractivity contribution in [2.45, 2.75) is 39.7 Å².